The van der Waals surface area contributed by atoms with Crippen LogP contribution in [0.3, 0.4) is 0 Å². The summed E-state index contributed by atoms with van der Waals surface area (Å²) in [6.07, 6.45) is 4.00. The van der Waals surface area contributed by atoms with E-state index in [4.69, 9.17) is 10.7 Å². The van der Waals surface area contributed by atoms with Gasteiger partial charge in [0.15, 0.2) is 0 Å². The minimum Gasteiger partial charge on any atom is -0.298 e. The first-order valence-electron chi connectivity index (χ1n) is 6.72. The quantitative estimate of drug-likeness (QED) is 0.723. The normalized spacial score (nSPS) is 12.6. The average Bonchev–Trinajstić information content (AvgIpc) is 2.72. The van der Waals surface area contributed by atoms with Crippen LogP contribution in [0.25, 0.3) is 0 Å². The molecule has 110 valence electrons. The maximum absolute atomic E-state index is 11.6. The predicted octanol–water partition coefficient (Wildman–Crippen LogP) is 3.47. The van der Waals surface area contributed by atoms with Crippen LogP contribution in [0.15, 0.2) is 5.16 Å². The predicted molar refractivity (Wildman–Crippen MR) is 76.0 cm³/mol. The van der Waals surface area contributed by atoms with E-state index in [9.17, 15) is 8.42 Å². The molecule has 0 radical (unpaired) electrons. The molecule has 0 saturated carbocycles. The number of rotatable bonds is 7. The molecule has 0 aliphatic carbocycles. The maximum Gasteiger partial charge on any atom is 0.296 e. The Kier molecular flexibility index (Phi) is 5.80. The first-order valence-corrected chi connectivity index (χ1v) is 9.03. The topological polar surface area (TPSA) is 64.8 Å². The lowest BCUT2D eigenvalue weighted by atomic mass is 9.97. The molecular weight excluding hydrogens is 286 g/mol. The fourth-order valence-electron chi connectivity index (χ4n) is 2.32. The number of aromatic nitrogens is 3. The summed E-state index contributed by atoms with van der Waals surface area (Å²) in [4.78, 5) is 0. The van der Waals surface area contributed by atoms with Gasteiger partial charge >= 0.3 is 0 Å². The van der Waals surface area contributed by atoms with Crippen molar-refractivity contribution in [2.45, 2.75) is 70.5 Å². The van der Waals surface area contributed by atoms with E-state index in [-0.39, 0.29) is 17.1 Å². The molecule has 5 nitrogen and oxygen atoms in total. The van der Waals surface area contributed by atoms with Crippen LogP contribution in [0.5, 0.6) is 0 Å². The van der Waals surface area contributed by atoms with Crippen LogP contribution in [0.2, 0.25) is 0 Å². The van der Waals surface area contributed by atoms with E-state index in [1.54, 1.807) is 4.57 Å². The van der Waals surface area contributed by atoms with Gasteiger partial charge in [-0.2, -0.15) is 0 Å². The number of hydrogen-bond donors (Lipinski definition) is 0. The van der Waals surface area contributed by atoms with E-state index in [1.165, 1.54) is 0 Å². The summed E-state index contributed by atoms with van der Waals surface area (Å²) >= 11 is 0. The average molecular weight is 308 g/mol. The van der Waals surface area contributed by atoms with Crippen LogP contribution < -0.4 is 0 Å². The van der Waals surface area contributed by atoms with Crippen molar-refractivity contribution >= 4 is 19.7 Å². The van der Waals surface area contributed by atoms with E-state index < -0.39 is 9.05 Å². The molecule has 1 aromatic heterocycles. The lowest BCUT2D eigenvalue weighted by Gasteiger charge is -2.19. The molecule has 0 N–H and O–H groups in total. The molecule has 0 atom stereocenters. The molecule has 19 heavy (non-hydrogen) atoms. The van der Waals surface area contributed by atoms with E-state index in [0.29, 0.717) is 0 Å². The van der Waals surface area contributed by atoms with Crippen LogP contribution in [0, 0.1) is 0 Å². The minimum atomic E-state index is -3.86. The van der Waals surface area contributed by atoms with Crippen LogP contribution in [-0.4, -0.2) is 23.2 Å². The van der Waals surface area contributed by atoms with Crippen molar-refractivity contribution < 1.29 is 8.42 Å². The Morgan fingerprint density at radius 2 is 1.68 bits per heavy atom. The van der Waals surface area contributed by atoms with Gasteiger partial charge < -0.3 is 0 Å². The highest BCUT2D eigenvalue weighted by Gasteiger charge is 2.27. The molecular formula is C12H22ClN3O2S. The van der Waals surface area contributed by atoms with Gasteiger partial charge in [-0.05, 0) is 26.7 Å². The molecule has 0 bridgehead atoms. The Labute approximate surface area is 119 Å². The van der Waals surface area contributed by atoms with E-state index in [1.807, 2.05) is 13.8 Å². The van der Waals surface area contributed by atoms with Gasteiger partial charge in [-0.3, -0.25) is 4.57 Å². The van der Waals surface area contributed by atoms with E-state index in [0.717, 1.165) is 31.5 Å². The summed E-state index contributed by atoms with van der Waals surface area (Å²) in [5, 5.41) is 7.74. The fourth-order valence-corrected chi connectivity index (χ4v) is 3.31. The third-order valence-electron chi connectivity index (χ3n) is 3.06. The molecule has 0 spiro atoms. The Balaban J connectivity index is 3.31. The van der Waals surface area contributed by atoms with Crippen molar-refractivity contribution in [3.05, 3.63) is 5.82 Å². The van der Waals surface area contributed by atoms with Gasteiger partial charge in [0, 0.05) is 22.6 Å². The Morgan fingerprint density at radius 1 is 1.16 bits per heavy atom. The van der Waals surface area contributed by atoms with Gasteiger partial charge in [0.2, 0.25) is 0 Å². The zero-order valence-electron chi connectivity index (χ0n) is 11.9. The monoisotopic (exact) mass is 307 g/mol. The van der Waals surface area contributed by atoms with Crippen LogP contribution in [-0.2, 0) is 9.05 Å². The molecule has 1 aromatic rings. The molecule has 0 aliphatic rings. The molecule has 1 rings (SSSR count). The molecule has 7 heteroatoms. The summed E-state index contributed by atoms with van der Waals surface area (Å²) < 4.78 is 24.8. The molecule has 0 aromatic carbocycles. The highest BCUT2D eigenvalue weighted by Crippen LogP contribution is 2.29. The second kappa shape index (κ2) is 6.70. The van der Waals surface area contributed by atoms with Crippen LogP contribution in [0.4, 0.5) is 0 Å². The Bertz CT molecular complexity index is 505. The highest BCUT2D eigenvalue weighted by atomic mass is 35.7. The minimum absolute atomic E-state index is 0.0373. The van der Waals surface area contributed by atoms with Gasteiger partial charge in [0.25, 0.3) is 14.2 Å². The lowest BCUT2D eigenvalue weighted by molar-refractivity contribution is 0.455. The van der Waals surface area contributed by atoms with Crippen molar-refractivity contribution in [2.24, 2.45) is 0 Å². The van der Waals surface area contributed by atoms with Gasteiger partial charge in [-0.25, -0.2) is 8.42 Å². The summed E-state index contributed by atoms with van der Waals surface area (Å²) in [5.41, 5.74) is 0. The number of nitrogens with zero attached hydrogens (tertiary/aromatic N) is 3. The molecule has 1 heterocycles. The summed E-state index contributed by atoms with van der Waals surface area (Å²) in [6.45, 7) is 8.04. The van der Waals surface area contributed by atoms with Crippen molar-refractivity contribution in [1.82, 2.24) is 14.8 Å². The van der Waals surface area contributed by atoms with Crippen molar-refractivity contribution in [2.75, 3.05) is 0 Å². The van der Waals surface area contributed by atoms with Gasteiger partial charge in [-0.1, -0.05) is 26.7 Å². The first kappa shape index (κ1) is 16.4. The van der Waals surface area contributed by atoms with Gasteiger partial charge in [0.05, 0.1) is 0 Å². The van der Waals surface area contributed by atoms with Crippen LogP contribution >= 0.6 is 10.7 Å². The van der Waals surface area contributed by atoms with Gasteiger partial charge in [0.1, 0.15) is 5.82 Å². The van der Waals surface area contributed by atoms with Crippen LogP contribution in [0.1, 0.15) is 71.2 Å². The van der Waals surface area contributed by atoms with Crippen molar-refractivity contribution in [1.29, 1.82) is 0 Å². The molecule has 0 aliphatic heterocycles. The lowest BCUT2D eigenvalue weighted by Crippen LogP contribution is -2.15. The summed E-state index contributed by atoms with van der Waals surface area (Å²) in [5.74, 6) is 0.968. The Hall–Kier alpha value is -0.620. The zero-order valence-corrected chi connectivity index (χ0v) is 13.5. The zero-order chi connectivity index (χ0) is 14.6. The second-order valence-electron chi connectivity index (χ2n) is 5.02. The number of hydrogen-bond acceptors (Lipinski definition) is 4. The Morgan fingerprint density at radius 3 is 2.05 bits per heavy atom. The molecule has 0 amide bonds. The summed E-state index contributed by atoms with van der Waals surface area (Å²) in [7, 11) is 1.57. The molecule has 0 unspecified atom stereocenters. The van der Waals surface area contributed by atoms with Crippen molar-refractivity contribution in [3.63, 3.8) is 0 Å². The first-order chi connectivity index (χ1) is 8.82. The van der Waals surface area contributed by atoms with Gasteiger partial charge in [-0.15, -0.1) is 10.2 Å². The highest BCUT2D eigenvalue weighted by molar-refractivity contribution is 8.13. The van der Waals surface area contributed by atoms with E-state index >= 15 is 0 Å². The maximum atomic E-state index is 11.6. The standard InChI is InChI=1S/C12H22ClN3O2S/c1-5-7-10(8-6-2)11-14-15-12(19(13,17)18)16(11)9(3)4/h9-10H,5-8H2,1-4H3. The number of halogens is 1. The SMILES string of the molecule is CCCC(CCC)c1nnc(S(=O)(=O)Cl)n1C(C)C. The smallest absolute Gasteiger partial charge is 0.296 e. The molecule has 0 fully saturated rings. The molecule has 0 saturated heterocycles. The third kappa shape index (κ3) is 3.92. The van der Waals surface area contributed by atoms with E-state index in [2.05, 4.69) is 24.0 Å². The summed E-state index contributed by atoms with van der Waals surface area (Å²) in [6, 6.07) is -0.0373. The third-order valence-corrected chi connectivity index (χ3v) is 4.19. The van der Waals surface area contributed by atoms with Crippen molar-refractivity contribution in [3.8, 4) is 0 Å². The second-order valence-corrected chi connectivity index (χ2v) is 7.48. The largest absolute Gasteiger partial charge is 0.298 e. The fraction of sp³-hybridized carbons (Fsp3) is 0.833.